The third-order valence-corrected chi connectivity index (χ3v) is 6.53. The van der Waals surface area contributed by atoms with Crippen LogP contribution >= 0.6 is 0 Å². The third-order valence-electron chi connectivity index (χ3n) is 6.53. The number of likely N-dealkylation sites (tertiary alicyclic amines) is 1. The van der Waals surface area contributed by atoms with Gasteiger partial charge in [-0.25, -0.2) is 4.98 Å². The number of fused-ring (bicyclic) bond motifs is 1. The Morgan fingerprint density at radius 3 is 2.76 bits per heavy atom. The van der Waals surface area contributed by atoms with Crippen LogP contribution in [0.2, 0.25) is 0 Å². The molecule has 4 heterocycles. The van der Waals surface area contributed by atoms with Gasteiger partial charge in [0, 0.05) is 57.4 Å². The molecule has 1 saturated heterocycles. The average Bonchev–Trinajstić information content (AvgIpc) is 3.48. The summed E-state index contributed by atoms with van der Waals surface area (Å²) in [4.78, 5) is 37.5. The number of H-pyrrole nitrogens is 1. The lowest BCUT2D eigenvalue weighted by Crippen LogP contribution is -2.36. The van der Waals surface area contributed by atoms with Gasteiger partial charge in [-0.15, -0.1) is 0 Å². The van der Waals surface area contributed by atoms with Gasteiger partial charge in [-0.2, -0.15) is 5.10 Å². The zero-order valence-corrected chi connectivity index (χ0v) is 19.0. The summed E-state index contributed by atoms with van der Waals surface area (Å²) in [5.41, 5.74) is 3.23. The largest absolute Gasteiger partial charge is 0.497 e. The number of aromatic nitrogens is 4. The summed E-state index contributed by atoms with van der Waals surface area (Å²) in [5.74, 6) is 1.46. The number of aromatic amines is 1. The van der Waals surface area contributed by atoms with Crippen molar-refractivity contribution in [2.24, 2.45) is 7.05 Å². The van der Waals surface area contributed by atoms with Gasteiger partial charge in [-0.1, -0.05) is 12.1 Å². The fraction of sp³-hybridized carbons (Fsp3) is 0.417. The van der Waals surface area contributed by atoms with Gasteiger partial charge < -0.3 is 14.6 Å². The molecule has 9 heteroatoms. The van der Waals surface area contributed by atoms with E-state index in [0.717, 1.165) is 36.5 Å². The van der Waals surface area contributed by atoms with Gasteiger partial charge in [0.2, 0.25) is 0 Å². The first-order valence-corrected chi connectivity index (χ1v) is 11.3. The molecule has 3 aromatic rings. The molecule has 0 radical (unpaired) electrons. The van der Waals surface area contributed by atoms with Crippen LogP contribution in [0.4, 0.5) is 0 Å². The second-order valence-corrected chi connectivity index (χ2v) is 8.80. The molecule has 1 fully saturated rings. The van der Waals surface area contributed by atoms with Crippen molar-refractivity contribution >= 4 is 5.91 Å². The van der Waals surface area contributed by atoms with Crippen LogP contribution in [0.1, 0.15) is 45.5 Å². The van der Waals surface area contributed by atoms with Crippen molar-refractivity contribution in [3.05, 3.63) is 75.2 Å². The van der Waals surface area contributed by atoms with Crippen LogP contribution < -0.4 is 10.3 Å². The molecule has 2 aliphatic rings. The predicted molar refractivity (Wildman–Crippen MR) is 122 cm³/mol. The Morgan fingerprint density at radius 1 is 1.21 bits per heavy atom. The molecule has 0 spiro atoms. The molecule has 0 bridgehead atoms. The summed E-state index contributed by atoms with van der Waals surface area (Å²) in [6.45, 7) is 3.42. The number of rotatable bonds is 5. The number of carbonyl (C=O) groups excluding carboxylic acids is 1. The van der Waals surface area contributed by atoms with Gasteiger partial charge >= 0.3 is 0 Å². The van der Waals surface area contributed by atoms with Crippen molar-refractivity contribution in [2.75, 3.05) is 26.7 Å². The monoisotopic (exact) mass is 448 g/mol. The number of amides is 1. The normalized spacial score (nSPS) is 18.4. The number of aryl methyl sites for hydroxylation is 1. The van der Waals surface area contributed by atoms with E-state index in [2.05, 4.69) is 27.1 Å². The van der Waals surface area contributed by atoms with Gasteiger partial charge in [-0.3, -0.25) is 19.2 Å². The molecule has 1 aromatic carbocycles. The topological polar surface area (TPSA) is 96.3 Å². The van der Waals surface area contributed by atoms with Crippen molar-refractivity contribution < 1.29 is 9.53 Å². The molecule has 5 rings (SSSR count). The van der Waals surface area contributed by atoms with Crippen LogP contribution in [-0.4, -0.2) is 62.2 Å². The third kappa shape index (κ3) is 4.41. The number of hydrogen-bond acceptors (Lipinski definition) is 6. The number of nitrogens with zero attached hydrogens (tertiary/aromatic N) is 5. The maximum Gasteiger partial charge on any atom is 0.274 e. The smallest absolute Gasteiger partial charge is 0.274 e. The lowest BCUT2D eigenvalue weighted by atomic mass is 10.0. The Hall–Kier alpha value is -3.46. The molecule has 1 atom stereocenters. The number of benzene rings is 1. The molecular formula is C24H28N6O3. The van der Waals surface area contributed by atoms with Gasteiger partial charge in [0.25, 0.3) is 11.5 Å². The maximum atomic E-state index is 12.8. The Kier molecular flexibility index (Phi) is 5.72. The van der Waals surface area contributed by atoms with Crippen LogP contribution in [0.3, 0.4) is 0 Å². The molecule has 0 unspecified atom stereocenters. The minimum atomic E-state index is -0.0796. The minimum Gasteiger partial charge on any atom is -0.497 e. The average molecular weight is 449 g/mol. The summed E-state index contributed by atoms with van der Waals surface area (Å²) in [6, 6.07) is 9.79. The Balaban J connectivity index is 1.29. The Bertz CT molecular complexity index is 1220. The summed E-state index contributed by atoms with van der Waals surface area (Å²) in [5, 5.41) is 4.22. The van der Waals surface area contributed by atoms with E-state index in [1.54, 1.807) is 36.0 Å². The van der Waals surface area contributed by atoms with E-state index in [9.17, 15) is 9.59 Å². The van der Waals surface area contributed by atoms with Crippen LogP contribution in [0, 0.1) is 0 Å². The molecule has 0 saturated carbocycles. The first kappa shape index (κ1) is 21.4. The highest BCUT2D eigenvalue weighted by Crippen LogP contribution is 2.27. The fourth-order valence-corrected chi connectivity index (χ4v) is 4.69. The molecule has 1 amide bonds. The van der Waals surface area contributed by atoms with Gasteiger partial charge in [0.1, 0.15) is 17.3 Å². The van der Waals surface area contributed by atoms with E-state index >= 15 is 0 Å². The van der Waals surface area contributed by atoms with Crippen LogP contribution in [0.25, 0.3) is 0 Å². The predicted octanol–water partition coefficient (Wildman–Crippen LogP) is 1.70. The van der Waals surface area contributed by atoms with E-state index in [1.165, 1.54) is 5.56 Å². The zero-order valence-electron chi connectivity index (χ0n) is 19.0. The molecule has 33 heavy (non-hydrogen) atoms. The molecule has 2 aromatic heterocycles. The molecule has 9 nitrogen and oxygen atoms in total. The Labute approximate surface area is 192 Å². The lowest BCUT2D eigenvalue weighted by molar-refractivity contribution is 0.0784. The van der Waals surface area contributed by atoms with E-state index in [4.69, 9.17) is 9.72 Å². The number of nitrogens with one attached hydrogen (secondary N) is 1. The van der Waals surface area contributed by atoms with Crippen molar-refractivity contribution in [2.45, 2.75) is 31.8 Å². The molecule has 172 valence electrons. The van der Waals surface area contributed by atoms with Crippen molar-refractivity contribution in [3.8, 4) is 5.75 Å². The fourth-order valence-electron chi connectivity index (χ4n) is 4.69. The first-order chi connectivity index (χ1) is 16.0. The van der Waals surface area contributed by atoms with Gasteiger partial charge in [-0.05, 0) is 36.6 Å². The highest BCUT2D eigenvalue weighted by molar-refractivity contribution is 5.92. The van der Waals surface area contributed by atoms with Crippen LogP contribution in [-0.2, 0) is 26.6 Å². The Morgan fingerprint density at radius 2 is 2.03 bits per heavy atom. The molecular weight excluding hydrogens is 420 g/mol. The van der Waals surface area contributed by atoms with E-state index in [-0.39, 0.29) is 17.4 Å². The summed E-state index contributed by atoms with van der Waals surface area (Å²) >= 11 is 0. The summed E-state index contributed by atoms with van der Waals surface area (Å²) < 4.78 is 6.86. The van der Waals surface area contributed by atoms with E-state index in [1.807, 2.05) is 12.1 Å². The molecule has 1 N–H and O–H groups in total. The highest BCUT2D eigenvalue weighted by atomic mass is 16.5. The van der Waals surface area contributed by atoms with Crippen LogP contribution in [0.5, 0.6) is 5.75 Å². The standard InChI is InChI=1S/C24H28N6O3/c1-28-10-9-20(27-28)24(32)30-12-7-17(14-30)22-25-21-15-29(11-8-19(21)23(31)26-22)13-16-3-5-18(33-2)6-4-16/h3-6,9-10,17H,7-8,11-15H2,1-2H3,(H,25,26,31)/t17-/m1/s1. The van der Waals surface area contributed by atoms with Crippen molar-refractivity contribution in [3.63, 3.8) is 0 Å². The summed E-state index contributed by atoms with van der Waals surface area (Å²) in [7, 11) is 3.46. The lowest BCUT2D eigenvalue weighted by Gasteiger charge is -2.28. The number of ether oxygens (including phenoxy) is 1. The van der Waals surface area contributed by atoms with Crippen LogP contribution in [0.15, 0.2) is 41.3 Å². The summed E-state index contributed by atoms with van der Waals surface area (Å²) in [6.07, 6.45) is 3.22. The van der Waals surface area contributed by atoms with E-state index in [0.29, 0.717) is 37.6 Å². The number of methoxy groups -OCH3 is 1. The van der Waals surface area contributed by atoms with Crippen molar-refractivity contribution in [1.29, 1.82) is 0 Å². The quantitative estimate of drug-likeness (QED) is 0.638. The second-order valence-electron chi connectivity index (χ2n) is 8.80. The first-order valence-electron chi connectivity index (χ1n) is 11.3. The van der Waals surface area contributed by atoms with E-state index < -0.39 is 0 Å². The zero-order chi connectivity index (χ0) is 22.9. The molecule has 2 aliphatic heterocycles. The SMILES string of the molecule is COc1ccc(CN2CCc3c(nc([C@@H]4CCN(C(=O)c5ccn(C)n5)C4)[nH]c3=O)C2)cc1. The number of hydrogen-bond donors (Lipinski definition) is 1. The number of carbonyl (C=O) groups is 1. The maximum absolute atomic E-state index is 12.8. The molecule has 0 aliphatic carbocycles. The minimum absolute atomic E-state index is 0.0210. The van der Waals surface area contributed by atoms with Crippen molar-refractivity contribution in [1.82, 2.24) is 29.5 Å². The highest BCUT2D eigenvalue weighted by Gasteiger charge is 2.31. The van der Waals surface area contributed by atoms with Gasteiger partial charge in [0.15, 0.2) is 0 Å². The second kappa shape index (κ2) is 8.82. The van der Waals surface area contributed by atoms with Gasteiger partial charge in [0.05, 0.1) is 12.8 Å².